The zero-order chi connectivity index (χ0) is 19.7. The van der Waals surface area contributed by atoms with E-state index in [-0.39, 0.29) is 23.8 Å². The average Bonchev–Trinajstić information content (AvgIpc) is 3.02. The second kappa shape index (κ2) is 6.90. The van der Waals surface area contributed by atoms with E-state index in [1.807, 2.05) is 0 Å². The molecule has 140 valence electrons. The molecular weight excluding hydrogens is 356 g/mol. The molecule has 0 aliphatic carbocycles. The summed E-state index contributed by atoms with van der Waals surface area (Å²) in [5, 5.41) is 13.5. The molecule has 3 rings (SSSR count). The number of ether oxygens (including phenoxy) is 1. The lowest BCUT2D eigenvalue weighted by Gasteiger charge is -2.30. The summed E-state index contributed by atoms with van der Waals surface area (Å²) in [6.45, 7) is 1.18. The number of aryl methyl sites for hydroxylation is 1. The van der Waals surface area contributed by atoms with Gasteiger partial charge >= 0.3 is 5.97 Å². The van der Waals surface area contributed by atoms with E-state index in [9.17, 15) is 24.5 Å². The summed E-state index contributed by atoms with van der Waals surface area (Å²) < 4.78 is 6.42. The van der Waals surface area contributed by atoms with Crippen LogP contribution in [0.15, 0.2) is 36.5 Å². The average molecular weight is 372 g/mol. The Morgan fingerprint density at radius 3 is 2.70 bits per heavy atom. The molecule has 1 aliphatic heterocycles. The van der Waals surface area contributed by atoms with Gasteiger partial charge in [0.05, 0.1) is 22.5 Å². The van der Waals surface area contributed by atoms with Gasteiger partial charge in [-0.25, -0.2) is 4.79 Å². The standard InChI is InChI=1S/C17H16N4O6/c1-10(27-17(24)14-7-11(21(25)26)8-19(14)2)16(23)20-9-15(22)18-12-5-3-4-6-13(12)20/h3-8,10H,9H2,1-2H3,(H,18,22). The number of amides is 2. The Kier molecular flexibility index (Phi) is 4.63. The van der Waals surface area contributed by atoms with Crippen LogP contribution in [0.3, 0.4) is 0 Å². The second-order valence-electron chi connectivity index (χ2n) is 5.99. The van der Waals surface area contributed by atoms with Crippen molar-refractivity contribution in [1.29, 1.82) is 0 Å². The number of anilines is 2. The summed E-state index contributed by atoms with van der Waals surface area (Å²) >= 11 is 0. The zero-order valence-electron chi connectivity index (χ0n) is 14.5. The molecule has 2 amide bonds. The molecule has 2 aromatic rings. The summed E-state index contributed by atoms with van der Waals surface area (Å²) in [7, 11) is 1.46. The number of rotatable bonds is 4. The minimum Gasteiger partial charge on any atom is -0.448 e. The van der Waals surface area contributed by atoms with Crippen molar-refractivity contribution >= 4 is 34.8 Å². The van der Waals surface area contributed by atoms with Crippen molar-refractivity contribution in [3.8, 4) is 0 Å². The number of fused-ring (bicyclic) bond motifs is 1. The smallest absolute Gasteiger partial charge is 0.355 e. The van der Waals surface area contributed by atoms with Crippen molar-refractivity contribution in [2.24, 2.45) is 7.05 Å². The van der Waals surface area contributed by atoms with Crippen molar-refractivity contribution in [1.82, 2.24) is 4.57 Å². The molecule has 1 N–H and O–H groups in total. The largest absolute Gasteiger partial charge is 0.448 e. The van der Waals surface area contributed by atoms with Crippen LogP contribution in [0.5, 0.6) is 0 Å². The fraction of sp³-hybridized carbons (Fsp3) is 0.235. The van der Waals surface area contributed by atoms with Gasteiger partial charge in [0.15, 0.2) is 6.10 Å². The predicted octanol–water partition coefficient (Wildman–Crippen LogP) is 1.46. The lowest BCUT2D eigenvalue weighted by molar-refractivity contribution is -0.384. The molecule has 1 aliphatic rings. The van der Waals surface area contributed by atoms with Gasteiger partial charge in [0.2, 0.25) is 5.91 Å². The van der Waals surface area contributed by atoms with E-state index in [4.69, 9.17) is 4.74 Å². The molecule has 1 aromatic carbocycles. The Morgan fingerprint density at radius 1 is 1.33 bits per heavy atom. The molecule has 2 heterocycles. The predicted molar refractivity (Wildman–Crippen MR) is 94.4 cm³/mol. The fourth-order valence-electron chi connectivity index (χ4n) is 2.77. The van der Waals surface area contributed by atoms with Gasteiger partial charge in [0.1, 0.15) is 12.2 Å². The first-order chi connectivity index (χ1) is 12.8. The van der Waals surface area contributed by atoms with Crippen molar-refractivity contribution in [3.63, 3.8) is 0 Å². The van der Waals surface area contributed by atoms with E-state index in [1.165, 1.54) is 29.6 Å². The molecule has 0 bridgehead atoms. The maximum absolute atomic E-state index is 12.7. The number of hydrogen-bond acceptors (Lipinski definition) is 6. The normalized spacial score (nSPS) is 14.1. The second-order valence-corrected chi connectivity index (χ2v) is 5.99. The number of nitrogens with one attached hydrogen (secondary N) is 1. The van der Waals surface area contributed by atoms with Crippen molar-refractivity contribution in [2.45, 2.75) is 13.0 Å². The third kappa shape index (κ3) is 3.50. The number of carbonyl (C=O) groups excluding carboxylic acids is 3. The summed E-state index contributed by atoms with van der Waals surface area (Å²) in [6.07, 6.45) is -0.0145. The maximum Gasteiger partial charge on any atom is 0.355 e. The number of hydrogen-bond donors (Lipinski definition) is 1. The molecule has 1 atom stereocenters. The van der Waals surface area contributed by atoms with Gasteiger partial charge in [0, 0.05) is 13.1 Å². The van der Waals surface area contributed by atoms with E-state index in [2.05, 4.69) is 5.32 Å². The van der Waals surface area contributed by atoms with Crippen LogP contribution in [0.25, 0.3) is 0 Å². The van der Waals surface area contributed by atoms with Gasteiger partial charge in [0.25, 0.3) is 11.6 Å². The first-order valence-electron chi connectivity index (χ1n) is 8.00. The highest BCUT2D eigenvalue weighted by molar-refractivity contribution is 6.11. The van der Waals surface area contributed by atoms with Crippen LogP contribution in [-0.2, 0) is 21.4 Å². The van der Waals surface area contributed by atoms with Crippen molar-refractivity contribution < 1.29 is 24.0 Å². The Balaban J connectivity index is 1.77. The third-order valence-electron chi connectivity index (χ3n) is 4.08. The topological polar surface area (TPSA) is 124 Å². The molecule has 27 heavy (non-hydrogen) atoms. The van der Waals surface area contributed by atoms with Crippen LogP contribution in [0.1, 0.15) is 17.4 Å². The molecule has 10 heteroatoms. The van der Waals surface area contributed by atoms with Gasteiger partial charge in [-0.15, -0.1) is 0 Å². The molecular formula is C17H16N4O6. The fourth-order valence-corrected chi connectivity index (χ4v) is 2.77. The Hall–Kier alpha value is -3.69. The zero-order valence-corrected chi connectivity index (χ0v) is 14.5. The molecule has 1 unspecified atom stereocenters. The van der Waals surface area contributed by atoms with Crippen LogP contribution in [0.2, 0.25) is 0 Å². The van der Waals surface area contributed by atoms with E-state index in [0.717, 1.165) is 6.07 Å². The Morgan fingerprint density at radius 2 is 2.04 bits per heavy atom. The van der Waals surface area contributed by atoms with E-state index in [1.54, 1.807) is 24.3 Å². The molecule has 0 spiro atoms. The molecule has 0 saturated heterocycles. The number of para-hydroxylation sites is 2. The van der Waals surface area contributed by atoms with E-state index in [0.29, 0.717) is 11.4 Å². The van der Waals surface area contributed by atoms with Crippen LogP contribution < -0.4 is 10.2 Å². The third-order valence-corrected chi connectivity index (χ3v) is 4.08. The molecule has 0 saturated carbocycles. The molecule has 1 aromatic heterocycles. The summed E-state index contributed by atoms with van der Waals surface area (Å²) in [5.74, 6) is -1.81. The number of nitro groups is 1. The van der Waals surface area contributed by atoms with Crippen LogP contribution in [0, 0.1) is 10.1 Å². The van der Waals surface area contributed by atoms with Crippen LogP contribution in [-0.4, -0.2) is 39.9 Å². The van der Waals surface area contributed by atoms with Crippen LogP contribution in [0.4, 0.5) is 17.1 Å². The van der Waals surface area contributed by atoms with Gasteiger partial charge in [-0.3, -0.25) is 24.6 Å². The molecule has 0 fully saturated rings. The number of carbonyl (C=O) groups is 3. The minimum absolute atomic E-state index is 0.0573. The maximum atomic E-state index is 12.7. The highest BCUT2D eigenvalue weighted by Crippen LogP contribution is 2.29. The minimum atomic E-state index is -1.19. The monoisotopic (exact) mass is 372 g/mol. The quantitative estimate of drug-likeness (QED) is 0.492. The number of nitrogens with zero attached hydrogens (tertiary/aromatic N) is 3. The van der Waals surface area contributed by atoms with Crippen molar-refractivity contribution in [3.05, 3.63) is 52.3 Å². The highest BCUT2D eigenvalue weighted by atomic mass is 16.6. The summed E-state index contributed by atoms with van der Waals surface area (Å²) in [5.41, 5.74) is 0.668. The van der Waals surface area contributed by atoms with Gasteiger partial charge < -0.3 is 14.6 Å². The Bertz CT molecular complexity index is 951. The number of benzene rings is 1. The highest BCUT2D eigenvalue weighted by Gasteiger charge is 2.32. The number of esters is 1. The lowest BCUT2D eigenvalue weighted by Crippen LogP contribution is -2.47. The molecule has 10 nitrogen and oxygen atoms in total. The van der Waals surface area contributed by atoms with Gasteiger partial charge in [-0.1, -0.05) is 12.1 Å². The van der Waals surface area contributed by atoms with E-state index < -0.39 is 22.9 Å². The van der Waals surface area contributed by atoms with Gasteiger partial charge in [-0.05, 0) is 19.1 Å². The Labute approximate surface area is 153 Å². The van der Waals surface area contributed by atoms with Gasteiger partial charge in [-0.2, -0.15) is 0 Å². The first kappa shape index (κ1) is 18.1. The SMILES string of the molecule is CC(OC(=O)c1cc([N+](=O)[O-])cn1C)C(=O)N1CC(=O)Nc2ccccc21. The summed E-state index contributed by atoms with van der Waals surface area (Å²) in [4.78, 5) is 48.3. The first-order valence-corrected chi connectivity index (χ1v) is 8.00. The van der Waals surface area contributed by atoms with E-state index >= 15 is 0 Å². The van der Waals surface area contributed by atoms with Crippen molar-refractivity contribution in [2.75, 3.05) is 16.8 Å². The van der Waals surface area contributed by atoms with Crippen LogP contribution >= 0.6 is 0 Å². The molecule has 0 radical (unpaired) electrons. The number of aromatic nitrogens is 1. The summed E-state index contributed by atoms with van der Waals surface area (Å²) in [6, 6.07) is 7.84. The lowest BCUT2D eigenvalue weighted by atomic mass is 10.1.